The molecule has 1 rings (SSSR count). The molecular weight excluding hydrogens is 194 g/mol. The van der Waals surface area contributed by atoms with Crippen LogP contribution in [0.15, 0.2) is 0 Å². The fourth-order valence-electron chi connectivity index (χ4n) is 1.39. The molecule has 0 atom stereocenters. The van der Waals surface area contributed by atoms with E-state index < -0.39 is 6.16 Å². The summed E-state index contributed by atoms with van der Waals surface area (Å²) in [7, 11) is 1.32. The third-order valence-electron chi connectivity index (χ3n) is 2.15. The molecule has 0 aromatic heterocycles. The molecule has 0 amide bonds. The average Bonchev–Trinajstić information content (AvgIpc) is 2.09. The normalized spacial score (nSPS) is 27.2. The highest BCUT2D eigenvalue weighted by molar-refractivity contribution is 5.85. The van der Waals surface area contributed by atoms with Crippen molar-refractivity contribution in [3.63, 3.8) is 0 Å². The van der Waals surface area contributed by atoms with Crippen LogP contribution in [0.1, 0.15) is 25.7 Å². The van der Waals surface area contributed by atoms with Gasteiger partial charge in [0.2, 0.25) is 0 Å². The summed E-state index contributed by atoms with van der Waals surface area (Å²) in [6, 6.07) is 0.280. The fraction of sp³-hybridized carbons (Fsp3) is 0.875. The number of rotatable bonds is 1. The summed E-state index contributed by atoms with van der Waals surface area (Å²) >= 11 is 0. The van der Waals surface area contributed by atoms with Gasteiger partial charge >= 0.3 is 6.16 Å². The average molecular weight is 210 g/mol. The van der Waals surface area contributed by atoms with Gasteiger partial charge < -0.3 is 15.2 Å². The Morgan fingerprint density at radius 2 is 1.85 bits per heavy atom. The van der Waals surface area contributed by atoms with Gasteiger partial charge in [0.1, 0.15) is 6.10 Å². The topological polar surface area (TPSA) is 61.5 Å². The predicted octanol–water partition coefficient (Wildman–Crippen LogP) is 1.46. The second kappa shape index (κ2) is 6.05. The third kappa shape index (κ3) is 4.33. The van der Waals surface area contributed by atoms with Crippen LogP contribution in [0.5, 0.6) is 0 Å². The zero-order chi connectivity index (χ0) is 8.97. The van der Waals surface area contributed by atoms with Crippen molar-refractivity contribution in [2.75, 3.05) is 7.11 Å². The van der Waals surface area contributed by atoms with Gasteiger partial charge in [-0.25, -0.2) is 4.79 Å². The summed E-state index contributed by atoms with van der Waals surface area (Å²) < 4.78 is 9.36. The largest absolute Gasteiger partial charge is 0.508 e. The Hall–Kier alpha value is -0.480. The monoisotopic (exact) mass is 209 g/mol. The van der Waals surface area contributed by atoms with Crippen molar-refractivity contribution in [1.82, 2.24) is 0 Å². The van der Waals surface area contributed by atoms with Gasteiger partial charge in [-0.2, -0.15) is 0 Å². The highest BCUT2D eigenvalue weighted by Crippen LogP contribution is 2.19. The minimum absolute atomic E-state index is 0. The molecule has 0 saturated heterocycles. The molecule has 4 nitrogen and oxygen atoms in total. The van der Waals surface area contributed by atoms with Gasteiger partial charge in [-0.3, -0.25) is 0 Å². The van der Waals surface area contributed by atoms with Gasteiger partial charge in [0.25, 0.3) is 0 Å². The highest BCUT2D eigenvalue weighted by Gasteiger charge is 2.21. The maximum absolute atomic E-state index is 10.7. The molecule has 5 heteroatoms. The smallest absolute Gasteiger partial charge is 0.438 e. The summed E-state index contributed by atoms with van der Waals surface area (Å²) in [6.45, 7) is 0. The summed E-state index contributed by atoms with van der Waals surface area (Å²) in [4.78, 5) is 10.7. The van der Waals surface area contributed by atoms with Gasteiger partial charge in [-0.15, -0.1) is 12.4 Å². The van der Waals surface area contributed by atoms with Crippen molar-refractivity contribution in [3.05, 3.63) is 0 Å². The molecule has 0 unspecified atom stereocenters. The van der Waals surface area contributed by atoms with Crippen LogP contribution in [0.4, 0.5) is 4.79 Å². The van der Waals surface area contributed by atoms with Crippen LogP contribution in [0, 0.1) is 0 Å². The number of hydrogen-bond donors (Lipinski definition) is 1. The van der Waals surface area contributed by atoms with Crippen LogP contribution in [-0.4, -0.2) is 25.4 Å². The molecule has 13 heavy (non-hydrogen) atoms. The van der Waals surface area contributed by atoms with Crippen LogP contribution >= 0.6 is 12.4 Å². The van der Waals surface area contributed by atoms with Crippen molar-refractivity contribution < 1.29 is 14.3 Å². The van der Waals surface area contributed by atoms with E-state index in [0.717, 1.165) is 25.7 Å². The lowest BCUT2D eigenvalue weighted by atomic mass is 9.94. The fourth-order valence-corrected chi connectivity index (χ4v) is 1.39. The minimum atomic E-state index is -0.588. The third-order valence-corrected chi connectivity index (χ3v) is 2.15. The van der Waals surface area contributed by atoms with Crippen LogP contribution in [0.25, 0.3) is 0 Å². The first kappa shape index (κ1) is 12.5. The van der Waals surface area contributed by atoms with Gasteiger partial charge in [-0.1, -0.05) is 0 Å². The number of carbonyl (C=O) groups excluding carboxylic acids is 1. The SMILES string of the molecule is COC(=O)OC1CCC(N)CC1.Cl. The second-order valence-corrected chi connectivity index (χ2v) is 3.11. The quantitative estimate of drug-likeness (QED) is 0.665. The van der Waals surface area contributed by atoms with Crippen molar-refractivity contribution in [1.29, 1.82) is 0 Å². The van der Waals surface area contributed by atoms with E-state index in [2.05, 4.69) is 4.74 Å². The first-order valence-corrected chi connectivity index (χ1v) is 4.22. The van der Waals surface area contributed by atoms with E-state index in [4.69, 9.17) is 10.5 Å². The van der Waals surface area contributed by atoms with Crippen molar-refractivity contribution in [3.8, 4) is 0 Å². The molecule has 1 fully saturated rings. The molecule has 0 aliphatic heterocycles. The first-order chi connectivity index (χ1) is 5.72. The summed E-state index contributed by atoms with van der Waals surface area (Å²) in [5, 5.41) is 0. The second-order valence-electron chi connectivity index (χ2n) is 3.11. The molecular formula is C8H16ClNO3. The van der Waals surface area contributed by atoms with Gasteiger partial charge in [0.05, 0.1) is 7.11 Å². The Labute approximate surface area is 84.2 Å². The van der Waals surface area contributed by atoms with E-state index in [9.17, 15) is 4.79 Å². The van der Waals surface area contributed by atoms with E-state index in [1.165, 1.54) is 7.11 Å². The lowest BCUT2D eigenvalue weighted by molar-refractivity contribution is 0.0211. The number of nitrogens with two attached hydrogens (primary N) is 1. The summed E-state index contributed by atoms with van der Waals surface area (Å²) in [5.74, 6) is 0. The molecule has 0 aromatic rings. The molecule has 78 valence electrons. The van der Waals surface area contributed by atoms with Gasteiger partial charge in [0, 0.05) is 6.04 Å². The molecule has 0 radical (unpaired) electrons. The van der Waals surface area contributed by atoms with Crippen molar-refractivity contribution in [2.45, 2.75) is 37.8 Å². The summed E-state index contributed by atoms with van der Waals surface area (Å²) in [6.07, 6.45) is 3.00. The van der Waals surface area contributed by atoms with Gasteiger partial charge in [0.15, 0.2) is 0 Å². The lowest BCUT2D eigenvalue weighted by Crippen LogP contribution is -2.31. The molecule has 0 heterocycles. The van der Waals surface area contributed by atoms with Crippen molar-refractivity contribution >= 4 is 18.6 Å². The number of methoxy groups -OCH3 is 1. The van der Waals surface area contributed by atoms with E-state index in [1.807, 2.05) is 0 Å². The number of halogens is 1. The molecule has 1 aliphatic rings. The Kier molecular flexibility index (Phi) is 5.82. The molecule has 0 spiro atoms. The molecule has 2 N–H and O–H groups in total. The van der Waals surface area contributed by atoms with E-state index >= 15 is 0 Å². The van der Waals surface area contributed by atoms with Crippen molar-refractivity contribution in [2.24, 2.45) is 5.73 Å². The molecule has 0 bridgehead atoms. The molecule has 1 saturated carbocycles. The lowest BCUT2D eigenvalue weighted by Gasteiger charge is -2.25. The maximum atomic E-state index is 10.7. The zero-order valence-electron chi connectivity index (χ0n) is 7.69. The Morgan fingerprint density at radius 1 is 1.31 bits per heavy atom. The van der Waals surface area contributed by atoms with Crippen LogP contribution in [0.2, 0.25) is 0 Å². The minimum Gasteiger partial charge on any atom is -0.438 e. The zero-order valence-corrected chi connectivity index (χ0v) is 8.51. The Morgan fingerprint density at radius 3 is 2.31 bits per heavy atom. The summed E-state index contributed by atoms with van der Waals surface area (Å²) in [5.41, 5.74) is 5.69. The van der Waals surface area contributed by atoms with E-state index in [-0.39, 0.29) is 24.6 Å². The van der Waals surface area contributed by atoms with Crippen LogP contribution in [-0.2, 0) is 9.47 Å². The number of ether oxygens (including phenoxy) is 2. The van der Waals surface area contributed by atoms with Crippen LogP contribution < -0.4 is 5.73 Å². The number of carbonyl (C=O) groups is 1. The standard InChI is InChI=1S/C8H15NO3.ClH/c1-11-8(10)12-7-4-2-6(9)3-5-7;/h6-7H,2-5,9H2,1H3;1H. The predicted molar refractivity (Wildman–Crippen MR) is 51.0 cm³/mol. The first-order valence-electron chi connectivity index (χ1n) is 4.22. The van der Waals surface area contributed by atoms with Gasteiger partial charge in [-0.05, 0) is 25.7 Å². The number of hydrogen-bond acceptors (Lipinski definition) is 4. The van der Waals surface area contributed by atoms with E-state index in [0.29, 0.717) is 0 Å². The molecule has 1 aliphatic carbocycles. The van der Waals surface area contributed by atoms with E-state index in [1.54, 1.807) is 0 Å². The van der Waals surface area contributed by atoms with Crippen LogP contribution in [0.3, 0.4) is 0 Å². The maximum Gasteiger partial charge on any atom is 0.508 e. The Bertz CT molecular complexity index is 157. The Balaban J connectivity index is 0.00000144. The highest BCUT2D eigenvalue weighted by atomic mass is 35.5. The molecule has 0 aromatic carbocycles.